The fraction of sp³-hybridized carbons (Fsp3) is 0.435. The Bertz CT molecular complexity index is 1100. The van der Waals surface area contributed by atoms with Crippen LogP contribution in [0.25, 0.3) is 5.76 Å². The van der Waals surface area contributed by atoms with E-state index < -0.39 is 58.0 Å². The van der Waals surface area contributed by atoms with Crippen molar-refractivity contribution in [1.82, 2.24) is 4.90 Å². The molecule has 0 bridgehead atoms. The molecular formula is C23H26N2O7. The number of likely N-dealkylation sites (N-methyl/N-ethyl adjacent to an activating group) is 1. The Kier molecular flexibility index (Phi) is 5.14. The van der Waals surface area contributed by atoms with Crippen LogP contribution >= 0.6 is 0 Å². The number of aromatic hydroxyl groups is 1. The minimum Gasteiger partial charge on any atom is -0.508 e. The van der Waals surface area contributed by atoms with Crippen molar-refractivity contribution in [3.8, 4) is 5.75 Å². The van der Waals surface area contributed by atoms with Crippen molar-refractivity contribution in [2.45, 2.75) is 38.3 Å². The number of amides is 1. The average molecular weight is 442 g/mol. The van der Waals surface area contributed by atoms with Gasteiger partial charge in [-0.15, -0.1) is 0 Å². The Morgan fingerprint density at radius 2 is 1.84 bits per heavy atom. The Morgan fingerprint density at radius 1 is 1.19 bits per heavy atom. The first-order valence-corrected chi connectivity index (χ1v) is 10.6. The number of ketones is 2. The molecule has 1 saturated carbocycles. The molecule has 1 fully saturated rings. The van der Waals surface area contributed by atoms with Gasteiger partial charge in [-0.05, 0) is 43.5 Å². The van der Waals surface area contributed by atoms with Gasteiger partial charge in [-0.1, -0.05) is 26.0 Å². The lowest BCUT2D eigenvalue weighted by Crippen LogP contribution is -2.66. The fourth-order valence-corrected chi connectivity index (χ4v) is 5.62. The molecule has 3 aliphatic carbocycles. The number of Topliss-reactive ketones (excluding diaryl/α,β-unsaturated/α-hetero) is 2. The lowest BCUT2D eigenvalue weighted by molar-refractivity contribution is -0.154. The smallest absolute Gasteiger partial charge is 0.255 e. The monoisotopic (exact) mass is 442 g/mol. The van der Waals surface area contributed by atoms with Gasteiger partial charge in [0.1, 0.15) is 22.8 Å². The Balaban J connectivity index is 1.97. The largest absolute Gasteiger partial charge is 0.508 e. The first-order valence-electron chi connectivity index (χ1n) is 10.6. The van der Waals surface area contributed by atoms with Gasteiger partial charge in [-0.2, -0.15) is 0 Å². The average Bonchev–Trinajstić information content (AvgIpc) is 2.73. The molecule has 3 aliphatic rings. The number of hydrogen-bond donors (Lipinski definition) is 5. The van der Waals surface area contributed by atoms with Gasteiger partial charge in [0.15, 0.2) is 11.4 Å². The number of fused-ring (bicyclic) bond motifs is 3. The van der Waals surface area contributed by atoms with Crippen LogP contribution in [0.2, 0.25) is 0 Å². The number of benzene rings is 1. The molecule has 0 aromatic heterocycles. The molecule has 4 atom stereocenters. The van der Waals surface area contributed by atoms with Gasteiger partial charge in [-0.3, -0.25) is 19.3 Å². The molecule has 0 radical (unpaired) electrons. The predicted molar refractivity (Wildman–Crippen MR) is 113 cm³/mol. The summed E-state index contributed by atoms with van der Waals surface area (Å²) in [5, 5.41) is 43.6. The molecule has 9 nitrogen and oxygen atoms in total. The molecule has 9 heteroatoms. The Hall–Kier alpha value is -3.17. The molecule has 1 aromatic carbocycles. The van der Waals surface area contributed by atoms with Crippen molar-refractivity contribution < 1.29 is 34.8 Å². The molecule has 32 heavy (non-hydrogen) atoms. The highest BCUT2D eigenvalue weighted by atomic mass is 16.3. The second-order valence-corrected chi connectivity index (χ2v) is 8.53. The van der Waals surface area contributed by atoms with Gasteiger partial charge in [-0.25, -0.2) is 0 Å². The lowest BCUT2D eigenvalue weighted by atomic mass is 9.57. The van der Waals surface area contributed by atoms with E-state index in [9.17, 15) is 34.8 Å². The third-order valence-electron chi connectivity index (χ3n) is 7.11. The predicted octanol–water partition coefficient (Wildman–Crippen LogP) is 0.744. The zero-order valence-electron chi connectivity index (χ0n) is 17.8. The van der Waals surface area contributed by atoms with E-state index in [-0.39, 0.29) is 23.3 Å². The molecule has 0 saturated heterocycles. The van der Waals surface area contributed by atoms with Crippen LogP contribution in [0.15, 0.2) is 35.1 Å². The zero-order valence-corrected chi connectivity index (χ0v) is 17.8. The standard InChI is InChI=1S/C23H26N2O7/c1-3-25(4-2)17-12-9-11-8-10-6-5-7-13(26)14(10)18(27)15(11)20(29)23(12,32)21(30)16(19(17)28)22(24)31/h5-7,11-12,17,26-27,30,32H,3-4,8-9H2,1-2H3,(H2,24,31)/t11-,12-,17+,23-/m0/s1. The lowest BCUT2D eigenvalue weighted by Gasteiger charge is -2.51. The first kappa shape index (κ1) is 22.0. The number of aliphatic hydroxyl groups is 3. The highest BCUT2D eigenvalue weighted by Gasteiger charge is 2.64. The Labute approximate surface area is 184 Å². The molecule has 1 amide bonds. The summed E-state index contributed by atoms with van der Waals surface area (Å²) < 4.78 is 0. The summed E-state index contributed by atoms with van der Waals surface area (Å²) in [5.41, 5.74) is 2.54. The number of phenols is 1. The summed E-state index contributed by atoms with van der Waals surface area (Å²) in [6.45, 7) is 4.41. The maximum absolute atomic E-state index is 13.7. The van der Waals surface area contributed by atoms with Crippen LogP contribution in [0.3, 0.4) is 0 Å². The van der Waals surface area contributed by atoms with Crippen LogP contribution in [0.5, 0.6) is 5.75 Å². The molecule has 0 aliphatic heterocycles. The topological polar surface area (TPSA) is 161 Å². The number of phenolic OH excluding ortho intramolecular Hbond substituents is 1. The summed E-state index contributed by atoms with van der Waals surface area (Å²) in [5.74, 6) is -6.33. The van der Waals surface area contributed by atoms with E-state index in [1.54, 1.807) is 30.9 Å². The third kappa shape index (κ3) is 2.74. The summed E-state index contributed by atoms with van der Waals surface area (Å²) in [4.78, 5) is 40.6. The maximum Gasteiger partial charge on any atom is 0.255 e. The first-order chi connectivity index (χ1) is 15.1. The molecule has 0 unspecified atom stereocenters. The van der Waals surface area contributed by atoms with E-state index in [1.165, 1.54) is 6.07 Å². The molecular weight excluding hydrogens is 416 g/mol. The number of hydrogen-bond acceptors (Lipinski definition) is 8. The van der Waals surface area contributed by atoms with Crippen LogP contribution in [-0.2, 0) is 20.8 Å². The van der Waals surface area contributed by atoms with Crippen LogP contribution in [0.1, 0.15) is 31.4 Å². The SMILES string of the molecule is CCN(CC)[C@H]1C(=O)C(C(N)=O)=C(O)[C@@]2(O)C(=O)C3=C(O)c4c(O)cccc4C[C@H]3C[C@@H]12. The van der Waals surface area contributed by atoms with Gasteiger partial charge in [0.2, 0.25) is 5.78 Å². The van der Waals surface area contributed by atoms with Crippen molar-refractivity contribution in [3.05, 3.63) is 46.2 Å². The molecule has 1 aromatic rings. The van der Waals surface area contributed by atoms with Crippen LogP contribution in [0, 0.1) is 11.8 Å². The number of primary amides is 1. The van der Waals surface area contributed by atoms with Crippen molar-refractivity contribution in [2.24, 2.45) is 17.6 Å². The van der Waals surface area contributed by atoms with Gasteiger partial charge in [0.05, 0.1) is 11.6 Å². The molecule has 0 heterocycles. The number of rotatable bonds is 4. The normalized spacial score (nSPS) is 29.7. The van der Waals surface area contributed by atoms with Crippen molar-refractivity contribution in [1.29, 1.82) is 0 Å². The van der Waals surface area contributed by atoms with Gasteiger partial charge in [0.25, 0.3) is 5.91 Å². The van der Waals surface area contributed by atoms with Gasteiger partial charge < -0.3 is 26.2 Å². The number of carbonyl (C=O) groups excluding carboxylic acids is 3. The number of aliphatic hydroxyl groups excluding tert-OH is 2. The summed E-state index contributed by atoms with van der Waals surface area (Å²) >= 11 is 0. The fourth-order valence-electron chi connectivity index (χ4n) is 5.62. The Morgan fingerprint density at radius 3 is 2.44 bits per heavy atom. The minimum absolute atomic E-state index is 0.0970. The van der Waals surface area contributed by atoms with Crippen molar-refractivity contribution >= 4 is 23.2 Å². The summed E-state index contributed by atoms with van der Waals surface area (Å²) in [6, 6.07) is 3.68. The van der Waals surface area contributed by atoms with Crippen LogP contribution < -0.4 is 5.73 Å². The van der Waals surface area contributed by atoms with Crippen LogP contribution in [0.4, 0.5) is 0 Å². The zero-order chi connectivity index (χ0) is 23.5. The van der Waals surface area contributed by atoms with E-state index in [1.807, 2.05) is 0 Å². The van der Waals surface area contributed by atoms with Crippen LogP contribution in [-0.4, -0.2) is 67.5 Å². The van der Waals surface area contributed by atoms with Crippen molar-refractivity contribution in [2.75, 3.05) is 13.1 Å². The summed E-state index contributed by atoms with van der Waals surface area (Å²) in [6.07, 6.45) is 0.396. The van der Waals surface area contributed by atoms with E-state index in [0.717, 1.165) is 0 Å². The number of carbonyl (C=O) groups is 3. The molecule has 170 valence electrons. The van der Waals surface area contributed by atoms with Gasteiger partial charge >= 0.3 is 0 Å². The molecule has 0 spiro atoms. The van der Waals surface area contributed by atoms with E-state index >= 15 is 0 Å². The molecule has 6 N–H and O–H groups in total. The highest BCUT2D eigenvalue weighted by molar-refractivity contribution is 6.24. The van der Waals surface area contributed by atoms with Crippen molar-refractivity contribution in [3.63, 3.8) is 0 Å². The minimum atomic E-state index is -2.60. The highest BCUT2D eigenvalue weighted by Crippen LogP contribution is 2.52. The maximum atomic E-state index is 13.7. The molecule has 4 rings (SSSR count). The third-order valence-corrected chi connectivity index (χ3v) is 7.11. The number of nitrogens with zero attached hydrogens (tertiary/aromatic N) is 1. The number of nitrogens with two attached hydrogens (primary N) is 1. The quantitative estimate of drug-likeness (QED) is 0.427. The van der Waals surface area contributed by atoms with E-state index in [4.69, 9.17) is 5.73 Å². The van der Waals surface area contributed by atoms with E-state index in [2.05, 4.69) is 0 Å². The second kappa shape index (κ2) is 7.46. The summed E-state index contributed by atoms with van der Waals surface area (Å²) in [7, 11) is 0. The van der Waals surface area contributed by atoms with Gasteiger partial charge in [0, 0.05) is 11.5 Å². The second-order valence-electron chi connectivity index (χ2n) is 8.53. The van der Waals surface area contributed by atoms with E-state index in [0.29, 0.717) is 25.1 Å².